The van der Waals surface area contributed by atoms with Crippen molar-refractivity contribution in [1.82, 2.24) is 4.57 Å². The Hall–Kier alpha value is -2.41. The molecule has 0 aliphatic heterocycles. The van der Waals surface area contributed by atoms with Gasteiger partial charge in [0, 0.05) is 19.0 Å². The van der Waals surface area contributed by atoms with Gasteiger partial charge in [-0.2, -0.15) is 0 Å². The first-order valence-electron chi connectivity index (χ1n) is 6.87. The van der Waals surface area contributed by atoms with Gasteiger partial charge in [-0.15, -0.1) is 0 Å². The second-order valence-electron chi connectivity index (χ2n) is 5.45. The Bertz CT molecular complexity index is 924. The van der Waals surface area contributed by atoms with Crippen LogP contribution in [0.3, 0.4) is 0 Å². The minimum absolute atomic E-state index is 0.0309. The number of nitrogens with one attached hydrogen (secondary N) is 1. The number of carbonyl (C=O) groups is 1. The second-order valence-corrected chi connectivity index (χ2v) is 7.36. The average Bonchev–Trinajstić information content (AvgIpc) is 2.78. The summed E-state index contributed by atoms with van der Waals surface area (Å²) >= 11 is 0. The molecular formula is C16H18N2O4S. The predicted molar refractivity (Wildman–Crippen MR) is 86.4 cm³/mol. The number of benzene rings is 1. The molecule has 0 fully saturated rings. The molecule has 0 bridgehead atoms. The van der Waals surface area contributed by atoms with E-state index in [2.05, 4.69) is 0 Å². The van der Waals surface area contributed by atoms with Crippen LogP contribution in [0.15, 0.2) is 28.0 Å². The number of carboxylic acid groups (broad SMARTS) is 1. The fourth-order valence-corrected chi connectivity index (χ4v) is 4.09. The lowest BCUT2D eigenvalue weighted by Crippen LogP contribution is -2.07. The Kier molecular flexibility index (Phi) is 4.17. The molecular weight excluding hydrogens is 316 g/mol. The van der Waals surface area contributed by atoms with Crippen LogP contribution in [0, 0.1) is 26.2 Å². The van der Waals surface area contributed by atoms with Gasteiger partial charge in [0.15, 0.2) is 0 Å². The van der Waals surface area contributed by atoms with Gasteiger partial charge in [0.05, 0.1) is 9.79 Å². The standard InChI is InChI=1S/C16H18N2O4S/c1-9-5-13(6-12(8-17)10(9)2)23(21,22)15-7-14(16(19)20)18(4)11(15)3/h5-8,17H,1-4H3,(H,19,20). The van der Waals surface area contributed by atoms with E-state index in [0.717, 1.165) is 17.3 Å². The zero-order chi connectivity index (χ0) is 17.5. The van der Waals surface area contributed by atoms with Gasteiger partial charge in [-0.1, -0.05) is 0 Å². The van der Waals surface area contributed by atoms with E-state index in [1.807, 2.05) is 6.92 Å². The Morgan fingerprint density at radius 1 is 1.22 bits per heavy atom. The third-order valence-corrected chi connectivity index (χ3v) is 5.99. The molecule has 2 aromatic rings. The molecule has 2 rings (SSSR count). The molecule has 1 aromatic heterocycles. The van der Waals surface area contributed by atoms with E-state index in [1.165, 1.54) is 23.7 Å². The van der Waals surface area contributed by atoms with Crippen LogP contribution in [0.1, 0.15) is 32.9 Å². The number of aryl methyl sites for hydroxylation is 1. The summed E-state index contributed by atoms with van der Waals surface area (Å²) in [5.74, 6) is -1.18. The van der Waals surface area contributed by atoms with Gasteiger partial charge < -0.3 is 15.1 Å². The maximum Gasteiger partial charge on any atom is 0.352 e. The number of aromatic carboxylic acids is 1. The maximum absolute atomic E-state index is 12.9. The third-order valence-electron chi connectivity index (χ3n) is 4.14. The summed E-state index contributed by atoms with van der Waals surface area (Å²) in [5, 5.41) is 16.6. The predicted octanol–water partition coefficient (Wildman–Crippen LogP) is 2.48. The van der Waals surface area contributed by atoms with Crippen LogP contribution in [0.2, 0.25) is 0 Å². The number of aromatic nitrogens is 1. The van der Waals surface area contributed by atoms with Crippen LogP contribution < -0.4 is 0 Å². The molecule has 1 aromatic carbocycles. The highest BCUT2D eigenvalue weighted by Gasteiger charge is 2.26. The van der Waals surface area contributed by atoms with E-state index in [4.69, 9.17) is 10.5 Å². The molecule has 0 unspecified atom stereocenters. The van der Waals surface area contributed by atoms with E-state index < -0.39 is 15.8 Å². The highest BCUT2D eigenvalue weighted by Crippen LogP contribution is 2.28. The fourth-order valence-electron chi connectivity index (χ4n) is 2.43. The summed E-state index contributed by atoms with van der Waals surface area (Å²) in [7, 11) is -2.35. The molecule has 6 nitrogen and oxygen atoms in total. The minimum atomic E-state index is -3.86. The Morgan fingerprint density at radius 2 is 1.83 bits per heavy atom. The highest BCUT2D eigenvalue weighted by atomic mass is 32.2. The first-order valence-corrected chi connectivity index (χ1v) is 8.36. The topological polar surface area (TPSA) is 100 Å². The lowest BCUT2D eigenvalue weighted by molar-refractivity contribution is 0.0686. The van der Waals surface area contributed by atoms with E-state index in [9.17, 15) is 13.2 Å². The lowest BCUT2D eigenvalue weighted by atomic mass is 10.0. The molecule has 0 spiro atoms. The van der Waals surface area contributed by atoms with Crippen LogP contribution in [0.4, 0.5) is 0 Å². The molecule has 1 heterocycles. The molecule has 2 N–H and O–H groups in total. The third kappa shape index (κ3) is 2.68. The largest absolute Gasteiger partial charge is 0.477 e. The molecule has 0 aliphatic carbocycles. The van der Waals surface area contributed by atoms with Gasteiger partial charge in [0.1, 0.15) is 5.69 Å². The summed E-state index contributed by atoms with van der Waals surface area (Å²) in [4.78, 5) is 11.2. The number of nitrogens with zero attached hydrogens (tertiary/aromatic N) is 1. The number of hydrogen-bond acceptors (Lipinski definition) is 4. The first-order chi connectivity index (χ1) is 10.6. The summed E-state index contributed by atoms with van der Waals surface area (Å²) in [6, 6.07) is 4.16. The van der Waals surface area contributed by atoms with Gasteiger partial charge in [0.2, 0.25) is 9.84 Å². The normalized spacial score (nSPS) is 11.5. The zero-order valence-electron chi connectivity index (χ0n) is 13.3. The molecule has 0 saturated heterocycles. The molecule has 0 atom stereocenters. The van der Waals surface area contributed by atoms with Crippen molar-refractivity contribution in [2.24, 2.45) is 7.05 Å². The second kappa shape index (κ2) is 5.66. The lowest BCUT2D eigenvalue weighted by Gasteiger charge is -2.10. The van der Waals surface area contributed by atoms with E-state index in [0.29, 0.717) is 11.3 Å². The Morgan fingerprint density at radius 3 is 2.30 bits per heavy atom. The smallest absolute Gasteiger partial charge is 0.352 e. The van der Waals surface area contributed by atoms with Gasteiger partial charge in [0.25, 0.3) is 0 Å². The molecule has 7 heteroatoms. The molecule has 23 heavy (non-hydrogen) atoms. The monoisotopic (exact) mass is 334 g/mol. The van der Waals surface area contributed by atoms with Crippen molar-refractivity contribution in [3.8, 4) is 0 Å². The SMILES string of the molecule is Cc1cc(S(=O)(=O)c2cc(C(=O)O)n(C)c2C)cc(C=N)c1C. The zero-order valence-corrected chi connectivity index (χ0v) is 14.2. The fraction of sp³-hybridized carbons (Fsp3) is 0.250. The van der Waals surface area contributed by atoms with Crippen LogP contribution in [-0.4, -0.2) is 30.3 Å². The average molecular weight is 334 g/mol. The number of carboxylic acids is 1. The summed E-state index contributed by atoms with van der Waals surface area (Å²) in [5.41, 5.74) is 2.40. The van der Waals surface area contributed by atoms with Crippen molar-refractivity contribution in [3.05, 3.63) is 46.3 Å². The Labute approximate surface area is 134 Å². The summed E-state index contributed by atoms with van der Waals surface area (Å²) in [6.07, 6.45) is 1.11. The van der Waals surface area contributed by atoms with Crippen LogP contribution in [-0.2, 0) is 16.9 Å². The van der Waals surface area contributed by atoms with E-state index in [1.54, 1.807) is 19.9 Å². The van der Waals surface area contributed by atoms with Gasteiger partial charge in [-0.25, -0.2) is 13.2 Å². The van der Waals surface area contributed by atoms with Gasteiger partial charge in [-0.3, -0.25) is 0 Å². The van der Waals surface area contributed by atoms with Crippen LogP contribution in [0.25, 0.3) is 0 Å². The molecule has 0 radical (unpaired) electrons. The van der Waals surface area contributed by atoms with Crippen molar-refractivity contribution in [1.29, 1.82) is 5.41 Å². The maximum atomic E-state index is 12.9. The molecule has 0 saturated carbocycles. The quantitative estimate of drug-likeness (QED) is 0.839. The molecule has 0 amide bonds. The van der Waals surface area contributed by atoms with Gasteiger partial charge >= 0.3 is 5.97 Å². The van der Waals surface area contributed by atoms with Crippen molar-refractivity contribution in [2.45, 2.75) is 30.6 Å². The Balaban J connectivity index is 2.74. The number of rotatable bonds is 4. The van der Waals surface area contributed by atoms with Crippen molar-refractivity contribution in [2.75, 3.05) is 0 Å². The first kappa shape index (κ1) is 17.0. The van der Waals surface area contributed by atoms with Crippen molar-refractivity contribution < 1.29 is 18.3 Å². The van der Waals surface area contributed by atoms with Crippen molar-refractivity contribution >= 4 is 22.0 Å². The van der Waals surface area contributed by atoms with E-state index in [-0.39, 0.29) is 15.5 Å². The molecule has 122 valence electrons. The van der Waals surface area contributed by atoms with E-state index >= 15 is 0 Å². The van der Waals surface area contributed by atoms with Crippen LogP contribution >= 0.6 is 0 Å². The summed E-state index contributed by atoms with van der Waals surface area (Å²) < 4.78 is 27.1. The minimum Gasteiger partial charge on any atom is -0.477 e. The van der Waals surface area contributed by atoms with Crippen LogP contribution in [0.5, 0.6) is 0 Å². The van der Waals surface area contributed by atoms with Crippen molar-refractivity contribution in [3.63, 3.8) is 0 Å². The number of sulfone groups is 1. The van der Waals surface area contributed by atoms with Gasteiger partial charge in [-0.05, 0) is 55.7 Å². The summed E-state index contributed by atoms with van der Waals surface area (Å²) in [6.45, 7) is 5.17. The highest BCUT2D eigenvalue weighted by molar-refractivity contribution is 7.91. The molecule has 0 aliphatic rings. The number of hydrogen-bond donors (Lipinski definition) is 2.